The van der Waals surface area contributed by atoms with Gasteiger partial charge in [0.25, 0.3) is 0 Å². The summed E-state index contributed by atoms with van der Waals surface area (Å²) >= 11 is 0. The van der Waals surface area contributed by atoms with E-state index in [1.54, 1.807) is 29.1 Å². The second-order valence-electron chi connectivity index (χ2n) is 7.91. The summed E-state index contributed by atoms with van der Waals surface area (Å²) in [6.45, 7) is 4.50. The summed E-state index contributed by atoms with van der Waals surface area (Å²) in [5.41, 5.74) is 1.10. The van der Waals surface area contributed by atoms with Crippen molar-refractivity contribution in [2.45, 2.75) is 25.4 Å². The second-order valence-corrected chi connectivity index (χ2v) is 7.91. The van der Waals surface area contributed by atoms with Crippen LogP contribution < -0.4 is 4.90 Å². The molecule has 2 aromatic rings. The number of halogens is 1. The molecule has 0 amide bonds. The molecule has 2 atom stereocenters. The molecule has 1 fully saturated rings. The highest BCUT2D eigenvalue weighted by atomic mass is 19.1. The number of allylic oxidation sites excluding steroid dienone is 2. The lowest BCUT2D eigenvalue weighted by Gasteiger charge is -2.39. The van der Waals surface area contributed by atoms with E-state index < -0.39 is 6.10 Å². The van der Waals surface area contributed by atoms with Gasteiger partial charge < -0.3 is 14.6 Å². The molecule has 1 saturated heterocycles. The Balaban J connectivity index is 1.47. The quantitative estimate of drug-likeness (QED) is 0.805. The molecule has 0 spiro atoms. The highest BCUT2D eigenvalue weighted by molar-refractivity contribution is 5.57. The Morgan fingerprint density at radius 3 is 2.71 bits per heavy atom. The number of aryl methyl sites for hydroxylation is 1. The van der Waals surface area contributed by atoms with Gasteiger partial charge in [-0.15, -0.1) is 0 Å². The van der Waals surface area contributed by atoms with Crippen molar-refractivity contribution in [2.75, 3.05) is 37.6 Å². The number of benzene rings is 1. The average Bonchev–Trinajstić information content (AvgIpc) is 3.15. The fraction of sp³-hybridized carbons (Fsp3) is 0.500. The largest absolute Gasteiger partial charge is 0.380 e. The van der Waals surface area contributed by atoms with Gasteiger partial charge in [0.1, 0.15) is 17.7 Å². The number of anilines is 1. The third kappa shape index (κ3) is 3.98. The molecule has 5 nitrogen and oxygen atoms in total. The summed E-state index contributed by atoms with van der Waals surface area (Å²) in [5, 5.41) is 10.9. The molecule has 0 saturated carbocycles. The number of aliphatic hydroxyl groups excluding tert-OH is 1. The fourth-order valence-corrected chi connectivity index (χ4v) is 4.41. The number of hydrogen-bond donors (Lipinski definition) is 1. The number of para-hydroxylation sites is 1. The maximum absolute atomic E-state index is 14.8. The lowest BCUT2D eigenvalue weighted by molar-refractivity contribution is 0.201. The van der Waals surface area contributed by atoms with Crippen molar-refractivity contribution in [3.05, 3.63) is 59.9 Å². The van der Waals surface area contributed by atoms with Crippen LogP contribution in [0, 0.1) is 11.7 Å². The second kappa shape index (κ2) is 8.45. The monoisotopic (exact) mass is 384 g/mol. The molecule has 28 heavy (non-hydrogen) atoms. The first-order valence-electron chi connectivity index (χ1n) is 10.2. The van der Waals surface area contributed by atoms with Crippen LogP contribution in [0.15, 0.2) is 42.7 Å². The Labute approximate surface area is 166 Å². The van der Waals surface area contributed by atoms with E-state index in [1.807, 2.05) is 7.05 Å². The lowest BCUT2D eigenvalue weighted by Crippen LogP contribution is -2.48. The van der Waals surface area contributed by atoms with Gasteiger partial charge in [-0.25, -0.2) is 9.37 Å². The van der Waals surface area contributed by atoms with Gasteiger partial charge in [-0.05, 0) is 31.2 Å². The molecule has 1 aliphatic heterocycles. The Bertz CT molecular complexity index is 826. The fourth-order valence-electron chi connectivity index (χ4n) is 4.41. The van der Waals surface area contributed by atoms with Gasteiger partial charge >= 0.3 is 0 Å². The van der Waals surface area contributed by atoms with Crippen molar-refractivity contribution in [1.29, 1.82) is 0 Å². The first-order valence-corrected chi connectivity index (χ1v) is 10.2. The van der Waals surface area contributed by atoms with Crippen LogP contribution in [0.2, 0.25) is 0 Å². The number of aromatic nitrogens is 2. The van der Waals surface area contributed by atoms with Crippen LogP contribution >= 0.6 is 0 Å². The molecule has 2 unspecified atom stereocenters. The van der Waals surface area contributed by atoms with Gasteiger partial charge in [-0.2, -0.15) is 0 Å². The molecule has 1 aromatic heterocycles. The summed E-state index contributed by atoms with van der Waals surface area (Å²) < 4.78 is 16.6. The normalized spacial score (nSPS) is 21.8. The van der Waals surface area contributed by atoms with Gasteiger partial charge in [-0.3, -0.25) is 4.90 Å². The van der Waals surface area contributed by atoms with Gasteiger partial charge in [-0.1, -0.05) is 24.3 Å². The van der Waals surface area contributed by atoms with Crippen molar-refractivity contribution in [2.24, 2.45) is 13.0 Å². The van der Waals surface area contributed by atoms with Crippen LogP contribution in [0.25, 0.3) is 0 Å². The topological polar surface area (TPSA) is 44.5 Å². The van der Waals surface area contributed by atoms with Gasteiger partial charge in [0.15, 0.2) is 0 Å². The SMILES string of the molecule is Cn1ccnc1C(O)c1cccc(F)c1N1CCN(CC2CC=CCC2)CC1. The third-order valence-corrected chi connectivity index (χ3v) is 6.00. The van der Waals surface area contributed by atoms with Crippen molar-refractivity contribution in [1.82, 2.24) is 14.5 Å². The minimum atomic E-state index is -0.947. The summed E-state index contributed by atoms with van der Waals surface area (Å²) in [5.74, 6) is 0.985. The molecule has 1 aromatic carbocycles. The van der Waals surface area contributed by atoms with Crippen molar-refractivity contribution < 1.29 is 9.50 Å². The molecule has 1 N–H and O–H groups in total. The zero-order valence-electron chi connectivity index (χ0n) is 16.5. The van der Waals surface area contributed by atoms with E-state index in [0.717, 1.165) is 38.6 Å². The maximum Gasteiger partial charge on any atom is 0.146 e. The molecule has 2 aliphatic rings. The highest BCUT2D eigenvalue weighted by Crippen LogP contribution is 2.33. The number of aliphatic hydroxyl groups is 1. The molecular weight excluding hydrogens is 355 g/mol. The highest BCUT2D eigenvalue weighted by Gasteiger charge is 2.27. The van der Waals surface area contributed by atoms with E-state index in [2.05, 4.69) is 26.9 Å². The van der Waals surface area contributed by atoms with Crippen LogP contribution in [0.3, 0.4) is 0 Å². The average molecular weight is 384 g/mol. The minimum absolute atomic E-state index is 0.281. The first-order chi connectivity index (χ1) is 13.6. The number of rotatable bonds is 5. The Hall–Kier alpha value is -2.18. The summed E-state index contributed by atoms with van der Waals surface area (Å²) in [6.07, 6.45) is 10.7. The number of nitrogens with zero attached hydrogens (tertiary/aromatic N) is 4. The van der Waals surface area contributed by atoms with E-state index in [4.69, 9.17) is 0 Å². The predicted molar refractivity (Wildman–Crippen MR) is 109 cm³/mol. The van der Waals surface area contributed by atoms with Gasteiger partial charge in [0, 0.05) is 57.7 Å². The van der Waals surface area contributed by atoms with Crippen LogP contribution in [0.4, 0.5) is 10.1 Å². The summed E-state index contributed by atoms with van der Waals surface area (Å²) in [6, 6.07) is 4.94. The van der Waals surface area contributed by atoms with Crippen molar-refractivity contribution >= 4 is 5.69 Å². The van der Waals surface area contributed by atoms with Crippen LogP contribution in [-0.2, 0) is 7.05 Å². The van der Waals surface area contributed by atoms with Crippen LogP contribution in [0.1, 0.15) is 36.8 Å². The molecule has 6 heteroatoms. The zero-order chi connectivity index (χ0) is 19.5. The minimum Gasteiger partial charge on any atom is -0.380 e. The van der Waals surface area contributed by atoms with E-state index in [1.165, 1.54) is 25.3 Å². The van der Waals surface area contributed by atoms with Gasteiger partial charge in [0.2, 0.25) is 0 Å². The standard InChI is InChI=1S/C22H29FN4O/c1-25-11-10-24-22(25)21(28)18-8-5-9-19(23)20(18)27-14-12-26(13-15-27)16-17-6-3-2-4-7-17/h2-3,5,8-11,17,21,28H,4,6-7,12-16H2,1H3. The summed E-state index contributed by atoms with van der Waals surface area (Å²) in [4.78, 5) is 8.82. The molecule has 150 valence electrons. The molecule has 0 bridgehead atoms. The molecule has 4 rings (SSSR count). The molecule has 1 aliphatic carbocycles. The van der Waals surface area contributed by atoms with E-state index in [-0.39, 0.29) is 5.82 Å². The van der Waals surface area contributed by atoms with Crippen LogP contribution in [0.5, 0.6) is 0 Å². The van der Waals surface area contributed by atoms with E-state index >= 15 is 0 Å². The third-order valence-electron chi connectivity index (χ3n) is 6.00. The predicted octanol–water partition coefficient (Wildman–Crippen LogP) is 3.12. The summed E-state index contributed by atoms with van der Waals surface area (Å²) in [7, 11) is 1.84. The van der Waals surface area contributed by atoms with Crippen LogP contribution in [-0.4, -0.2) is 52.3 Å². The molecular formula is C22H29FN4O. The number of imidazole rings is 1. The Kier molecular flexibility index (Phi) is 5.78. The maximum atomic E-state index is 14.8. The van der Waals surface area contributed by atoms with Crippen molar-refractivity contribution in [3.63, 3.8) is 0 Å². The van der Waals surface area contributed by atoms with Crippen molar-refractivity contribution in [3.8, 4) is 0 Å². The molecule has 2 heterocycles. The van der Waals surface area contributed by atoms with Gasteiger partial charge in [0.05, 0.1) is 5.69 Å². The smallest absolute Gasteiger partial charge is 0.146 e. The van der Waals surface area contributed by atoms with E-state index in [0.29, 0.717) is 17.1 Å². The zero-order valence-corrected chi connectivity index (χ0v) is 16.5. The first kappa shape index (κ1) is 19.2. The Morgan fingerprint density at radius 1 is 1.21 bits per heavy atom. The van der Waals surface area contributed by atoms with E-state index in [9.17, 15) is 9.50 Å². The lowest BCUT2D eigenvalue weighted by atomic mass is 9.93. The Morgan fingerprint density at radius 2 is 2.04 bits per heavy atom. The number of piperazine rings is 1. The molecule has 0 radical (unpaired) electrons. The number of hydrogen-bond acceptors (Lipinski definition) is 4.